The number of nitrogens with zero attached hydrogens (tertiary/aromatic N) is 7. The number of hydrogen-bond acceptors (Lipinski definition) is 5. The molecule has 0 amide bonds. The third-order valence-electron chi connectivity index (χ3n) is 5.17. The third kappa shape index (κ3) is 4.09. The van der Waals surface area contributed by atoms with Crippen molar-refractivity contribution in [3.63, 3.8) is 0 Å². The van der Waals surface area contributed by atoms with E-state index in [-0.39, 0.29) is 0 Å². The van der Waals surface area contributed by atoms with Crippen LogP contribution in [0.15, 0.2) is 59.1 Å². The summed E-state index contributed by atoms with van der Waals surface area (Å²) >= 11 is 4.72. The molecule has 3 aromatic heterocycles. The Morgan fingerprint density at radius 2 is 1.93 bits per heavy atom. The van der Waals surface area contributed by atoms with Gasteiger partial charge < -0.3 is 4.90 Å². The summed E-state index contributed by atoms with van der Waals surface area (Å²) in [6.07, 6.45) is 8.27. The molecular weight excluding hydrogens is 394 g/mol. The second-order valence-electron chi connectivity index (χ2n) is 7.49. The molecule has 0 atom stereocenters. The quantitative estimate of drug-likeness (QED) is 0.305. The van der Waals surface area contributed by atoms with Crippen LogP contribution in [0.5, 0.6) is 0 Å². The lowest BCUT2D eigenvalue weighted by atomic mass is 10.1. The molecule has 8 heteroatoms. The molecule has 4 rings (SSSR count). The minimum atomic E-state index is 0.738. The molecule has 3 heterocycles. The second-order valence-corrected chi connectivity index (χ2v) is 7.97. The van der Waals surface area contributed by atoms with Gasteiger partial charge in [0.2, 0.25) is 0 Å². The first-order valence-corrected chi connectivity index (χ1v) is 10.2. The van der Waals surface area contributed by atoms with Crippen LogP contribution in [0, 0.1) is 0 Å². The van der Waals surface area contributed by atoms with Crippen molar-refractivity contribution >= 4 is 24.0 Å². The molecule has 0 N–H and O–H groups in total. The Morgan fingerprint density at radius 3 is 2.63 bits per heavy atom. The molecule has 0 aliphatic heterocycles. The van der Waals surface area contributed by atoms with Crippen molar-refractivity contribution < 1.29 is 0 Å². The van der Waals surface area contributed by atoms with Crippen molar-refractivity contribution in [3.8, 4) is 22.4 Å². The van der Waals surface area contributed by atoms with E-state index in [4.69, 9.17) is 12.6 Å². The van der Waals surface area contributed by atoms with Crippen molar-refractivity contribution in [2.75, 3.05) is 20.6 Å². The lowest BCUT2D eigenvalue weighted by Gasteiger charge is -2.11. The molecule has 0 radical (unpaired) electrons. The van der Waals surface area contributed by atoms with Crippen LogP contribution in [0.25, 0.3) is 27.9 Å². The van der Waals surface area contributed by atoms with E-state index in [2.05, 4.69) is 44.4 Å². The summed E-state index contributed by atoms with van der Waals surface area (Å²) < 4.78 is 3.65. The highest BCUT2D eigenvalue weighted by Gasteiger charge is 2.12. The summed E-state index contributed by atoms with van der Waals surface area (Å²) in [4.78, 5) is 12.1. The number of hydrogen-bond donors (Lipinski definition) is 1. The minimum Gasteiger partial charge on any atom is -0.367 e. The van der Waals surface area contributed by atoms with E-state index in [0.717, 1.165) is 51.6 Å². The van der Waals surface area contributed by atoms with Crippen LogP contribution in [0.3, 0.4) is 0 Å². The molecule has 1 aromatic carbocycles. The largest absolute Gasteiger partial charge is 0.367 e. The lowest BCUT2D eigenvalue weighted by Crippen LogP contribution is -2.18. The van der Waals surface area contributed by atoms with Gasteiger partial charge in [0.25, 0.3) is 0 Å². The highest BCUT2D eigenvalue weighted by atomic mass is 32.1. The fourth-order valence-electron chi connectivity index (χ4n) is 3.28. The van der Waals surface area contributed by atoms with Crippen LogP contribution in [0.1, 0.15) is 12.5 Å². The van der Waals surface area contributed by atoms with E-state index in [1.165, 1.54) is 5.56 Å². The summed E-state index contributed by atoms with van der Waals surface area (Å²) in [5.41, 5.74) is 6.12. The highest BCUT2D eigenvalue weighted by Crippen LogP contribution is 2.29. The van der Waals surface area contributed by atoms with Gasteiger partial charge in [-0.2, -0.15) is 10.2 Å². The topological polar surface area (TPSA) is 63.6 Å². The summed E-state index contributed by atoms with van der Waals surface area (Å²) in [5, 5.41) is 8.63. The highest BCUT2D eigenvalue weighted by molar-refractivity contribution is 7.80. The summed E-state index contributed by atoms with van der Waals surface area (Å²) in [6, 6.07) is 8.37. The first kappa shape index (κ1) is 20.2. The number of aryl methyl sites for hydroxylation is 1. The molecule has 0 saturated heterocycles. The molecule has 0 bridgehead atoms. The molecule has 0 spiro atoms. The normalized spacial score (nSPS) is 12.0. The van der Waals surface area contributed by atoms with Crippen molar-refractivity contribution in [2.24, 2.45) is 12.0 Å². The molecule has 7 nitrogen and oxygen atoms in total. The van der Waals surface area contributed by atoms with Gasteiger partial charge in [-0.1, -0.05) is 12.1 Å². The van der Waals surface area contributed by atoms with Gasteiger partial charge in [0, 0.05) is 61.7 Å². The standard InChI is InChI=1S/C22H25N7S/c1-15(27(2)3)23-8-7-16-5-6-17(10-21(16)30)22-20-9-18(13-29(20)26-14-24-22)19-11-25-28(4)12-19/h5-6,9-14,30H,7-8H2,1-4H3. The van der Waals surface area contributed by atoms with Gasteiger partial charge in [0.05, 0.1) is 23.2 Å². The Morgan fingerprint density at radius 1 is 1.10 bits per heavy atom. The minimum absolute atomic E-state index is 0.738. The van der Waals surface area contributed by atoms with Gasteiger partial charge in [0.15, 0.2) is 0 Å². The fraction of sp³-hybridized carbons (Fsp3) is 0.273. The molecule has 154 valence electrons. The molecule has 30 heavy (non-hydrogen) atoms. The molecule has 4 aromatic rings. The Labute approximate surface area is 181 Å². The van der Waals surface area contributed by atoms with Crippen LogP contribution < -0.4 is 0 Å². The predicted octanol–water partition coefficient (Wildman–Crippen LogP) is 3.61. The maximum absolute atomic E-state index is 4.72. The van der Waals surface area contributed by atoms with Gasteiger partial charge >= 0.3 is 0 Å². The van der Waals surface area contributed by atoms with Gasteiger partial charge in [-0.3, -0.25) is 9.67 Å². The number of fused-ring (bicyclic) bond motifs is 1. The molecule has 0 aliphatic carbocycles. The van der Waals surface area contributed by atoms with Gasteiger partial charge in [-0.15, -0.1) is 12.6 Å². The van der Waals surface area contributed by atoms with E-state index in [1.807, 2.05) is 56.1 Å². The van der Waals surface area contributed by atoms with E-state index < -0.39 is 0 Å². The van der Waals surface area contributed by atoms with Crippen LogP contribution >= 0.6 is 12.6 Å². The van der Waals surface area contributed by atoms with Crippen LogP contribution in [0.2, 0.25) is 0 Å². The van der Waals surface area contributed by atoms with Gasteiger partial charge in [-0.25, -0.2) is 9.50 Å². The Kier molecular flexibility index (Phi) is 5.59. The molecule has 0 unspecified atom stereocenters. The Balaban J connectivity index is 1.63. The van der Waals surface area contributed by atoms with Crippen LogP contribution in [-0.2, 0) is 13.5 Å². The molecular formula is C22H25N7S. The summed E-state index contributed by atoms with van der Waals surface area (Å²) in [5.74, 6) is 1.02. The van der Waals surface area contributed by atoms with E-state index in [9.17, 15) is 0 Å². The summed E-state index contributed by atoms with van der Waals surface area (Å²) in [7, 11) is 5.91. The SMILES string of the molecule is CC(=NCCc1ccc(-c2ncnn3cc(-c4cnn(C)c4)cc23)cc1S)N(C)C. The van der Waals surface area contributed by atoms with Gasteiger partial charge in [-0.05, 0) is 31.0 Å². The van der Waals surface area contributed by atoms with E-state index in [1.54, 1.807) is 11.0 Å². The third-order valence-corrected chi connectivity index (χ3v) is 5.59. The number of aromatic nitrogens is 5. The van der Waals surface area contributed by atoms with Crippen molar-refractivity contribution in [2.45, 2.75) is 18.2 Å². The fourth-order valence-corrected chi connectivity index (χ4v) is 3.61. The molecule has 0 saturated carbocycles. The van der Waals surface area contributed by atoms with Crippen molar-refractivity contribution in [3.05, 3.63) is 54.7 Å². The van der Waals surface area contributed by atoms with E-state index in [0.29, 0.717) is 0 Å². The maximum atomic E-state index is 4.72. The zero-order chi connectivity index (χ0) is 21.3. The van der Waals surface area contributed by atoms with Gasteiger partial charge in [0.1, 0.15) is 6.33 Å². The number of thiol groups is 1. The second kappa shape index (κ2) is 8.31. The average molecular weight is 420 g/mol. The van der Waals surface area contributed by atoms with Crippen molar-refractivity contribution in [1.82, 2.24) is 29.3 Å². The lowest BCUT2D eigenvalue weighted by molar-refractivity contribution is 0.613. The smallest absolute Gasteiger partial charge is 0.137 e. The monoisotopic (exact) mass is 419 g/mol. The van der Waals surface area contributed by atoms with Crippen LogP contribution in [-0.4, -0.2) is 55.8 Å². The average Bonchev–Trinajstić information content (AvgIpc) is 3.34. The number of amidine groups is 1. The number of rotatable bonds is 5. The predicted molar refractivity (Wildman–Crippen MR) is 123 cm³/mol. The zero-order valence-corrected chi connectivity index (χ0v) is 18.5. The van der Waals surface area contributed by atoms with Crippen molar-refractivity contribution in [1.29, 1.82) is 0 Å². The van der Waals surface area contributed by atoms with Crippen LogP contribution in [0.4, 0.5) is 0 Å². The first-order valence-electron chi connectivity index (χ1n) is 9.75. The Hall–Kier alpha value is -3.13. The first-order chi connectivity index (χ1) is 14.4. The zero-order valence-electron chi connectivity index (χ0n) is 17.6. The summed E-state index contributed by atoms with van der Waals surface area (Å²) in [6.45, 7) is 2.75. The van der Waals surface area contributed by atoms with E-state index >= 15 is 0 Å². The number of benzene rings is 1. The molecule has 0 aliphatic rings. The Bertz CT molecular complexity index is 1220. The maximum Gasteiger partial charge on any atom is 0.137 e. The number of aliphatic imine (C=N–C) groups is 1. The molecule has 0 fully saturated rings.